The summed E-state index contributed by atoms with van der Waals surface area (Å²) in [5, 5.41) is 9.34. The second kappa shape index (κ2) is 7.31. The van der Waals surface area contributed by atoms with Crippen molar-refractivity contribution >= 4 is 5.91 Å². The van der Waals surface area contributed by atoms with Crippen molar-refractivity contribution in [2.45, 2.75) is 26.3 Å². The van der Waals surface area contributed by atoms with Crippen LogP contribution in [0.4, 0.5) is 0 Å². The molecule has 5 heteroatoms. The third-order valence-corrected chi connectivity index (χ3v) is 3.80. The molecule has 0 saturated carbocycles. The summed E-state index contributed by atoms with van der Waals surface area (Å²) in [6.07, 6.45) is 0.372. The molecule has 1 saturated heterocycles. The van der Waals surface area contributed by atoms with Gasteiger partial charge in [0.2, 0.25) is 5.91 Å². The molecule has 116 valence electrons. The minimum absolute atomic E-state index is 0.138. The third kappa shape index (κ3) is 4.63. The van der Waals surface area contributed by atoms with Gasteiger partial charge in [-0.25, -0.2) is 0 Å². The number of hydrogen-bond acceptors (Lipinski definition) is 4. The number of phenolic OH excluding ortho intramolecular Hbond substituents is 1. The fourth-order valence-corrected chi connectivity index (χ4v) is 2.48. The number of carbonyl (C=O) groups excluding carboxylic acids is 1. The van der Waals surface area contributed by atoms with Gasteiger partial charge in [-0.1, -0.05) is 6.07 Å². The van der Waals surface area contributed by atoms with Crippen molar-refractivity contribution in [1.29, 1.82) is 0 Å². The van der Waals surface area contributed by atoms with Crippen LogP contribution in [0.25, 0.3) is 0 Å². The monoisotopic (exact) mass is 292 g/mol. The van der Waals surface area contributed by atoms with E-state index in [0.29, 0.717) is 24.8 Å². The van der Waals surface area contributed by atoms with Gasteiger partial charge in [0.1, 0.15) is 11.5 Å². The Morgan fingerprint density at radius 1 is 1.29 bits per heavy atom. The van der Waals surface area contributed by atoms with Crippen LogP contribution >= 0.6 is 0 Å². The number of hydrogen-bond donors (Lipinski definition) is 1. The summed E-state index contributed by atoms with van der Waals surface area (Å²) in [6, 6.07) is 7.16. The normalized spacial score (nSPS) is 16.2. The summed E-state index contributed by atoms with van der Waals surface area (Å²) < 4.78 is 5.49. The van der Waals surface area contributed by atoms with Crippen molar-refractivity contribution < 1.29 is 14.6 Å². The van der Waals surface area contributed by atoms with E-state index in [2.05, 4.69) is 18.7 Å². The van der Waals surface area contributed by atoms with E-state index in [1.807, 2.05) is 4.90 Å². The van der Waals surface area contributed by atoms with Crippen molar-refractivity contribution in [3.05, 3.63) is 24.3 Å². The molecule has 1 heterocycles. The first-order valence-electron chi connectivity index (χ1n) is 7.50. The molecular weight excluding hydrogens is 268 g/mol. The van der Waals surface area contributed by atoms with Gasteiger partial charge in [-0.2, -0.15) is 0 Å². The number of nitrogens with zero attached hydrogens (tertiary/aromatic N) is 2. The lowest BCUT2D eigenvalue weighted by Gasteiger charge is -2.37. The fourth-order valence-electron chi connectivity index (χ4n) is 2.48. The lowest BCUT2D eigenvalue weighted by Crippen LogP contribution is -2.50. The topological polar surface area (TPSA) is 53.0 Å². The highest BCUT2D eigenvalue weighted by molar-refractivity contribution is 5.76. The first kappa shape index (κ1) is 15.6. The molecule has 1 aromatic rings. The number of ether oxygens (including phenoxy) is 1. The maximum Gasteiger partial charge on any atom is 0.226 e. The zero-order valence-electron chi connectivity index (χ0n) is 12.8. The Bertz CT molecular complexity index is 468. The Morgan fingerprint density at radius 3 is 2.62 bits per heavy atom. The second-order valence-corrected chi connectivity index (χ2v) is 5.61. The minimum Gasteiger partial charge on any atom is -0.508 e. The molecule has 0 unspecified atom stereocenters. The Hall–Kier alpha value is -1.75. The lowest BCUT2D eigenvalue weighted by molar-refractivity contribution is -0.133. The number of piperazine rings is 1. The molecule has 1 aliphatic rings. The van der Waals surface area contributed by atoms with Crippen molar-refractivity contribution in [2.75, 3.05) is 32.8 Å². The number of carbonyl (C=O) groups is 1. The smallest absolute Gasteiger partial charge is 0.226 e. The molecule has 1 aromatic carbocycles. The van der Waals surface area contributed by atoms with Gasteiger partial charge in [-0.3, -0.25) is 9.69 Å². The van der Waals surface area contributed by atoms with Gasteiger partial charge < -0.3 is 14.7 Å². The zero-order chi connectivity index (χ0) is 15.2. The largest absolute Gasteiger partial charge is 0.508 e. The Balaban J connectivity index is 1.71. The number of rotatable bonds is 5. The van der Waals surface area contributed by atoms with Gasteiger partial charge in [0.25, 0.3) is 0 Å². The quantitative estimate of drug-likeness (QED) is 0.898. The SMILES string of the molecule is CC(C)N1CCN(C(=O)CCOc2cccc(O)c2)CC1. The number of benzene rings is 1. The molecule has 1 aliphatic heterocycles. The van der Waals surface area contributed by atoms with Crippen LogP contribution in [0.5, 0.6) is 11.5 Å². The van der Waals surface area contributed by atoms with Gasteiger partial charge in [0.15, 0.2) is 0 Å². The van der Waals surface area contributed by atoms with E-state index < -0.39 is 0 Å². The predicted molar refractivity (Wildman–Crippen MR) is 81.5 cm³/mol. The maximum atomic E-state index is 12.1. The van der Waals surface area contributed by atoms with E-state index in [0.717, 1.165) is 26.2 Å². The Kier molecular flexibility index (Phi) is 5.44. The van der Waals surface area contributed by atoms with Gasteiger partial charge in [0, 0.05) is 38.3 Å². The highest BCUT2D eigenvalue weighted by Gasteiger charge is 2.22. The highest BCUT2D eigenvalue weighted by Crippen LogP contribution is 2.17. The van der Waals surface area contributed by atoms with Crippen molar-refractivity contribution in [2.24, 2.45) is 0 Å². The Labute approximate surface area is 126 Å². The van der Waals surface area contributed by atoms with Crippen LogP contribution in [0.15, 0.2) is 24.3 Å². The van der Waals surface area contributed by atoms with E-state index in [-0.39, 0.29) is 11.7 Å². The van der Waals surface area contributed by atoms with Crippen LogP contribution in [-0.2, 0) is 4.79 Å². The van der Waals surface area contributed by atoms with Crippen LogP contribution in [0.3, 0.4) is 0 Å². The van der Waals surface area contributed by atoms with Crippen LogP contribution in [0.2, 0.25) is 0 Å². The number of aromatic hydroxyl groups is 1. The first-order chi connectivity index (χ1) is 10.1. The second-order valence-electron chi connectivity index (χ2n) is 5.61. The first-order valence-corrected chi connectivity index (χ1v) is 7.50. The molecule has 0 radical (unpaired) electrons. The molecule has 2 rings (SSSR count). The fraction of sp³-hybridized carbons (Fsp3) is 0.562. The molecule has 1 N–H and O–H groups in total. The van der Waals surface area contributed by atoms with Gasteiger partial charge in [-0.15, -0.1) is 0 Å². The van der Waals surface area contributed by atoms with E-state index in [4.69, 9.17) is 4.74 Å². The van der Waals surface area contributed by atoms with Crippen LogP contribution < -0.4 is 4.74 Å². The molecule has 1 fully saturated rings. The summed E-state index contributed by atoms with van der Waals surface area (Å²) in [4.78, 5) is 16.4. The van der Waals surface area contributed by atoms with Gasteiger partial charge in [0.05, 0.1) is 13.0 Å². The molecule has 0 bridgehead atoms. The summed E-state index contributed by atoms with van der Waals surface area (Å²) >= 11 is 0. The zero-order valence-corrected chi connectivity index (χ0v) is 12.8. The van der Waals surface area contributed by atoms with Crippen molar-refractivity contribution in [1.82, 2.24) is 9.80 Å². The van der Waals surface area contributed by atoms with E-state index in [1.54, 1.807) is 24.3 Å². The minimum atomic E-state index is 0.138. The summed E-state index contributed by atoms with van der Waals surface area (Å²) in [6.45, 7) is 8.17. The van der Waals surface area contributed by atoms with Crippen LogP contribution in [0, 0.1) is 0 Å². The predicted octanol–water partition coefficient (Wildman–Crippen LogP) is 1.71. The highest BCUT2D eigenvalue weighted by atomic mass is 16.5. The average Bonchev–Trinajstić information content (AvgIpc) is 2.47. The number of phenols is 1. The molecular formula is C16H24N2O3. The van der Waals surface area contributed by atoms with Crippen LogP contribution in [0.1, 0.15) is 20.3 Å². The van der Waals surface area contributed by atoms with E-state index >= 15 is 0 Å². The van der Waals surface area contributed by atoms with Crippen molar-refractivity contribution in [3.8, 4) is 11.5 Å². The van der Waals surface area contributed by atoms with Gasteiger partial charge >= 0.3 is 0 Å². The average molecular weight is 292 g/mol. The molecule has 0 aromatic heterocycles. The lowest BCUT2D eigenvalue weighted by atomic mass is 10.2. The molecule has 0 spiro atoms. The van der Waals surface area contributed by atoms with E-state index in [1.165, 1.54) is 0 Å². The summed E-state index contributed by atoms with van der Waals surface area (Å²) in [5.41, 5.74) is 0. The Morgan fingerprint density at radius 2 is 2.00 bits per heavy atom. The molecule has 1 amide bonds. The molecule has 0 aliphatic carbocycles. The molecule has 0 atom stereocenters. The standard InChI is InChI=1S/C16H24N2O3/c1-13(2)17-7-9-18(10-8-17)16(20)6-11-21-15-5-3-4-14(19)12-15/h3-5,12-13,19H,6-11H2,1-2H3. The van der Waals surface area contributed by atoms with Gasteiger partial charge in [-0.05, 0) is 26.0 Å². The van der Waals surface area contributed by atoms with Crippen LogP contribution in [-0.4, -0.2) is 59.6 Å². The van der Waals surface area contributed by atoms with E-state index in [9.17, 15) is 9.90 Å². The maximum absolute atomic E-state index is 12.1. The summed E-state index contributed by atoms with van der Waals surface area (Å²) in [7, 11) is 0. The third-order valence-electron chi connectivity index (χ3n) is 3.80. The molecule has 5 nitrogen and oxygen atoms in total. The summed E-state index contributed by atoms with van der Waals surface area (Å²) in [5.74, 6) is 0.898. The molecule has 21 heavy (non-hydrogen) atoms. The number of amides is 1. The van der Waals surface area contributed by atoms with Crippen molar-refractivity contribution in [3.63, 3.8) is 0 Å².